The molecule has 3 N–H and O–H groups in total. The largest absolute Gasteiger partial charge is 0.478 e. The van der Waals surface area contributed by atoms with Crippen LogP contribution in [0.4, 0.5) is 0 Å². The van der Waals surface area contributed by atoms with Crippen molar-refractivity contribution in [3.05, 3.63) is 95.9 Å². The molecule has 0 atom stereocenters. The topological polar surface area (TPSA) is 121 Å². The molecule has 0 spiro atoms. The molecule has 0 fully saturated rings. The lowest BCUT2D eigenvalue weighted by Crippen LogP contribution is -2.39. The molecule has 0 aliphatic carbocycles. The van der Waals surface area contributed by atoms with E-state index in [0.717, 1.165) is 26.8 Å². The number of carboxylic acid groups (broad SMARTS) is 2. The zero-order valence-electron chi connectivity index (χ0n) is 17.5. The molecule has 0 amide bonds. The van der Waals surface area contributed by atoms with Crippen LogP contribution < -0.4 is 15.0 Å². The molecular weight excluding hydrogens is 438 g/mol. The Morgan fingerprint density at radius 2 is 1.26 bits per heavy atom. The van der Waals surface area contributed by atoms with E-state index in [0.29, 0.717) is 17.4 Å². The standard InChI is InChI=1S/C25H17N3O6/c29-24(30)19-3-1-17-13-21(7-5-15(17)11-19)33-23-9-10-26-28(27-23)34-22-8-6-16-12-20(25(31)32)4-2-18(16)14-22/h1-14,27H,(H,29,30)(H,31,32). The number of ether oxygens (including phenoxy) is 1. The summed E-state index contributed by atoms with van der Waals surface area (Å²) in [6, 6.07) is 20.3. The normalized spacial score (nSPS) is 12.8. The Morgan fingerprint density at radius 1 is 0.735 bits per heavy atom. The van der Waals surface area contributed by atoms with Crippen molar-refractivity contribution in [2.75, 3.05) is 0 Å². The monoisotopic (exact) mass is 455 g/mol. The highest BCUT2D eigenvalue weighted by molar-refractivity contribution is 5.95. The zero-order valence-corrected chi connectivity index (χ0v) is 17.5. The van der Waals surface area contributed by atoms with Crippen LogP contribution in [0.25, 0.3) is 21.5 Å². The molecule has 0 unspecified atom stereocenters. The van der Waals surface area contributed by atoms with Gasteiger partial charge in [-0.3, -0.25) is 0 Å². The third-order valence-corrected chi connectivity index (χ3v) is 5.14. The summed E-state index contributed by atoms with van der Waals surface area (Å²) in [5.41, 5.74) is 3.33. The van der Waals surface area contributed by atoms with Crippen LogP contribution in [0.5, 0.6) is 11.5 Å². The van der Waals surface area contributed by atoms with Gasteiger partial charge in [-0.05, 0) is 75.4 Å². The van der Waals surface area contributed by atoms with Crippen molar-refractivity contribution in [2.24, 2.45) is 5.10 Å². The number of benzene rings is 4. The molecule has 168 valence electrons. The number of carbonyl (C=O) groups is 2. The second-order valence-electron chi connectivity index (χ2n) is 7.43. The van der Waals surface area contributed by atoms with Gasteiger partial charge in [0.15, 0.2) is 5.75 Å². The second kappa shape index (κ2) is 8.47. The average molecular weight is 455 g/mol. The Hall–Kier alpha value is -5.05. The lowest BCUT2D eigenvalue weighted by Gasteiger charge is -2.23. The molecule has 4 aromatic carbocycles. The fourth-order valence-corrected chi connectivity index (χ4v) is 3.49. The van der Waals surface area contributed by atoms with Gasteiger partial charge in [-0.25, -0.2) is 15.0 Å². The number of carboxylic acids is 2. The van der Waals surface area contributed by atoms with Crippen molar-refractivity contribution in [1.29, 1.82) is 0 Å². The van der Waals surface area contributed by atoms with Crippen molar-refractivity contribution in [2.45, 2.75) is 0 Å². The molecule has 34 heavy (non-hydrogen) atoms. The summed E-state index contributed by atoms with van der Waals surface area (Å²) in [5, 5.41) is 26.7. The van der Waals surface area contributed by atoms with Gasteiger partial charge >= 0.3 is 11.9 Å². The number of hydrogen-bond donors (Lipinski definition) is 3. The first kappa shape index (κ1) is 20.8. The molecule has 1 aliphatic heterocycles. The minimum Gasteiger partial charge on any atom is -0.478 e. The van der Waals surface area contributed by atoms with E-state index in [2.05, 4.69) is 10.5 Å². The van der Waals surface area contributed by atoms with Crippen LogP contribution in [0, 0.1) is 0 Å². The molecule has 1 heterocycles. The van der Waals surface area contributed by atoms with Gasteiger partial charge in [0.2, 0.25) is 5.88 Å². The van der Waals surface area contributed by atoms with Gasteiger partial charge in [0.05, 0.1) is 17.3 Å². The van der Waals surface area contributed by atoms with Gasteiger partial charge in [-0.2, -0.15) is 0 Å². The van der Waals surface area contributed by atoms with Crippen LogP contribution in [0.2, 0.25) is 0 Å². The van der Waals surface area contributed by atoms with E-state index in [-0.39, 0.29) is 11.1 Å². The molecule has 0 saturated carbocycles. The van der Waals surface area contributed by atoms with Gasteiger partial charge in [-0.1, -0.05) is 24.3 Å². The Kier molecular flexibility index (Phi) is 5.19. The van der Waals surface area contributed by atoms with Crippen LogP contribution in [0.15, 0.2) is 89.9 Å². The highest BCUT2D eigenvalue weighted by atomic mass is 16.7. The summed E-state index contributed by atoms with van der Waals surface area (Å²) < 4.78 is 5.88. The quantitative estimate of drug-likeness (QED) is 0.391. The summed E-state index contributed by atoms with van der Waals surface area (Å²) in [7, 11) is 0. The average Bonchev–Trinajstić information content (AvgIpc) is 2.83. The van der Waals surface area contributed by atoms with E-state index in [4.69, 9.17) is 19.8 Å². The van der Waals surface area contributed by atoms with E-state index in [1.807, 2.05) is 0 Å². The van der Waals surface area contributed by atoms with Crippen LogP contribution in [-0.2, 0) is 0 Å². The molecule has 1 aliphatic rings. The number of nitrogens with one attached hydrogen (secondary N) is 1. The van der Waals surface area contributed by atoms with Gasteiger partial charge in [0.25, 0.3) is 0 Å². The summed E-state index contributed by atoms with van der Waals surface area (Å²) in [6.45, 7) is 0. The first-order valence-corrected chi connectivity index (χ1v) is 10.2. The molecule has 4 aromatic rings. The maximum Gasteiger partial charge on any atom is 0.335 e. The van der Waals surface area contributed by atoms with Crippen LogP contribution in [0.3, 0.4) is 0 Å². The molecule has 9 nitrogen and oxygen atoms in total. The number of hydrazine groups is 1. The third-order valence-electron chi connectivity index (χ3n) is 5.14. The molecule has 0 aromatic heterocycles. The van der Waals surface area contributed by atoms with Crippen molar-refractivity contribution in [1.82, 2.24) is 10.7 Å². The Bertz CT molecular complexity index is 1510. The number of nitrogens with zero attached hydrogens (tertiary/aromatic N) is 2. The fraction of sp³-hybridized carbons (Fsp3) is 0. The lowest BCUT2D eigenvalue weighted by atomic mass is 10.1. The molecule has 9 heteroatoms. The molecule has 0 saturated heterocycles. The van der Waals surface area contributed by atoms with E-state index in [1.165, 1.54) is 12.3 Å². The van der Waals surface area contributed by atoms with Crippen molar-refractivity contribution in [3.63, 3.8) is 0 Å². The number of aromatic carboxylic acids is 2. The lowest BCUT2D eigenvalue weighted by molar-refractivity contribution is -0.104. The Labute approximate surface area is 192 Å². The van der Waals surface area contributed by atoms with Gasteiger partial charge in [-0.15, -0.1) is 5.10 Å². The van der Waals surface area contributed by atoms with Crippen molar-refractivity contribution in [3.8, 4) is 11.5 Å². The number of fused-ring (bicyclic) bond motifs is 2. The number of hydrazone groups is 1. The zero-order chi connectivity index (χ0) is 23.7. The maximum absolute atomic E-state index is 11.1. The van der Waals surface area contributed by atoms with Crippen LogP contribution in [0.1, 0.15) is 20.7 Å². The Morgan fingerprint density at radius 3 is 1.88 bits per heavy atom. The Balaban J connectivity index is 1.27. The maximum atomic E-state index is 11.1. The van der Waals surface area contributed by atoms with E-state index in [9.17, 15) is 9.59 Å². The van der Waals surface area contributed by atoms with Crippen molar-refractivity contribution >= 4 is 39.7 Å². The summed E-state index contributed by atoms with van der Waals surface area (Å²) >= 11 is 0. The van der Waals surface area contributed by atoms with E-state index in [1.54, 1.807) is 72.8 Å². The minimum atomic E-state index is -0.982. The predicted molar refractivity (Wildman–Crippen MR) is 125 cm³/mol. The first-order valence-electron chi connectivity index (χ1n) is 10.2. The number of rotatable bonds is 6. The van der Waals surface area contributed by atoms with E-state index < -0.39 is 11.9 Å². The molecular formula is C25H17N3O6. The highest BCUT2D eigenvalue weighted by Crippen LogP contribution is 2.25. The smallest absolute Gasteiger partial charge is 0.335 e. The SMILES string of the molecule is O=C(O)c1ccc2cc(OC3=CC=NN(Oc4ccc5cc(C(=O)O)ccc5c4)N3)ccc2c1. The number of hydrogen-bond acceptors (Lipinski definition) is 7. The predicted octanol–water partition coefficient (Wildman–Crippen LogP) is 4.41. The van der Waals surface area contributed by atoms with Gasteiger partial charge in [0, 0.05) is 6.08 Å². The van der Waals surface area contributed by atoms with Crippen molar-refractivity contribution < 1.29 is 29.4 Å². The van der Waals surface area contributed by atoms with E-state index >= 15 is 0 Å². The number of allylic oxidation sites excluding steroid dienone is 1. The fourth-order valence-electron chi connectivity index (χ4n) is 3.49. The summed E-state index contributed by atoms with van der Waals surface area (Å²) in [4.78, 5) is 28.0. The molecule has 5 rings (SSSR count). The van der Waals surface area contributed by atoms with Crippen LogP contribution >= 0.6 is 0 Å². The second-order valence-corrected chi connectivity index (χ2v) is 7.43. The molecule has 0 bridgehead atoms. The third kappa shape index (κ3) is 4.30. The van der Waals surface area contributed by atoms with Crippen LogP contribution in [-0.4, -0.2) is 33.6 Å². The summed E-state index contributed by atoms with van der Waals surface area (Å²) in [5.74, 6) is -0.561. The first-order chi connectivity index (χ1) is 16.4. The van der Waals surface area contributed by atoms with Gasteiger partial charge in [0.1, 0.15) is 5.75 Å². The molecule has 0 radical (unpaired) electrons. The highest BCUT2D eigenvalue weighted by Gasteiger charge is 2.13. The summed E-state index contributed by atoms with van der Waals surface area (Å²) in [6.07, 6.45) is 3.14. The van der Waals surface area contributed by atoms with Gasteiger partial charge < -0.3 is 19.8 Å². The minimum absolute atomic E-state index is 0.214.